The summed E-state index contributed by atoms with van der Waals surface area (Å²) in [6.07, 6.45) is 0. The monoisotopic (exact) mass is 258 g/mol. The fraction of sp³-hybridized carbons (Fsp3) is 0.417. The van der Waals surface area contributed by atoms with Gasteiger partial charge in [0.05, 0.1) is 16.8 Å². The van der Waals surface area contributed by atoms with E-state index >= 15 is 0 Å². The highest BCUT2D eigenvalue weighted by Gasteiger charge is 2.28. The van der Waals surface area contributed by atoms with Crippen LogP contribution in [0.1, 0.15) is 20.8 Å². The summed E-state index contributed by atoms with van der Waals surface area (Å²) in [5.74, 6) is -1.08. The Bertz CT molecular complexity index is 429. The molecule has 17 heavy (non-hydrogen) atoms. The highest BCUT2D eigenvalue weighted by molar-refractivity contribution is 6.31. The molecule has 5 heteroatoms. The zero-order chi connectivity index (χ0) is 13.2. The molecule has 0 saturated heterocycles. The standard InChI is InChI=1S/C12H16ClFN2O/c1-12(2,3)10(15)11(17)16-8-6-4-5-7(13)9(8)14/h4-6,10H,15H2,1-3H3,(H,16,17). The molecule has 0 fully saturated rings. The van der Waals surface area contributed by atoms with Gasteiger partial charge in [-0.2, -0.15) is 0 Å². The van der Waals surface area contributed by atoms with E-state index in [1.807, 2.05) is 20.8 Å². The van der Waals surface area contributed by atoms with Crippen LogP contribution in [-0.2, 0) is 4.79 Å². The second-order valence-corrected chi connectivity index (χ2v) is 5.34. The number of nitrogens with two attached hydrogens (primary N) is 1. The molecule has 0 radical (unpaired) electrons. The minimum absolute atomic E-state index is 0.0351. The number of benzene rings is 1. The smallest absolute Gasteiger partial charge is 0.241 e. The van der Waals surface area contributed by atoms with Gasteiger partial charge in [0.2, 0.25) is 5.91 Å². The van der Waals surface area contributed by atoms with Gasteiger partial charge in [-0.15, -0.1) is 0 Å². The number of halogens is 2. The third-order valence-electron chi connectivity index (χ3n) is 2.42. The van der Waals surface area contributed by atoms with Gasteiger partial charge in [-0.3, -0.25) is 4.79 Å². The topological polar surface area (TPSA) is 55.1 Å². The lowest BCUT2D eigenvalue weighted by Crippen LogP contribution is -2.45. The van der Waals surface area contributed by atoms with Crippen molar-refractivity contribution in [2.24, 2.45) is 11.1 Å². The Morgan fingerprint density at radius 2 is 2.06 bits per heavy atom. The lowest BCUT2D eigenvalue weighted by molar-refractivity contribution is -0.119. The second kappa shape index (κ2) is 5.02. The molecule has 1 aromatic carbocycles. The fourth-order valence-electron chi connectivity index (χ4n) is 1.20. The quantitative estimate of drug-likeness (QED) is 0.857. The molecule has 0 aromatic heterocycles. The molecule has 1 rings (SSSR count). The summed E-state index contributed by atoms with van der Waals surface area (Å²) in [5.41, 5.74) is 5.42. The molecule has 0 aliphatic rings. The Morgan fingerprint density at radius 3 is 2.59 bits per heavy atom. The largest absolute Gasteiger partial charge is 0.322 e. The molecule has 0 aliphatic heterocycles. The number of anilines is 1. The van der Waals surface area contributed by atoms with Crippen molar-refractivity contribution in [3.05, 3.63) is 29.0 Å². The van der Waals surface area contributed by atoms with Gasteiger partial charge >= 0.3 is 0 Å². The van der Waals surface area contributed by atoms with E-state index in [9.17, 15) is 9.18 Å². The number of rotatable bonds is 2. The molecule has 1 amide bonds. The molecular weight excluding hydrogens is 243 g/mol. The van der Waals surface area contributed by atoms with Crippen LogP contribution >= 0.6 is 11.6 Å². The van der Waals surface area contributed by atoms with E-state index in [2.05, 4.69) is 5.32 Å². The van der Waals surface area contributed by atoms with Crippen LogP contribution in [0.5, 0.6) is 0 Å². The van der Waals surface area contributed by atoms with Crippen molar-refractivity contribution in [1.82, 2.24) is 0 Å². The molecule has 1 atom stereocenters. The van der Waals surface area contributed by atoms with E-state index in [1.54, 1.807) is 6.07 Å². The van der Waals surface area contributed by atoms with Crippen LogP contribution in [0.3, 0.4) is 0 Å². The van der Waals surface area contributed by atoms with E-state index in [-0.39, 0.29) is 16.1 Å². The summed E-state index contributed by atoms with van der Waals surface area (Å²) in [6.45, 7) is 5.52. The summed E-state index contributed by atoms with van der Waals surface area (Å²) in [6, 6.07) is 3.69. The predicted octanol–water partition coefficient (Wildman–Crippen LogP) is 2.79. The van der Waals surface area contributed by atoms with Gasteiger partial charge in [-0.05, 0) is 17.5 Å². The summed E-state index contributed by atoms with van der Waals surface area (Å²) in [5, 5.41) is 2.40. The Labute approximate surface area is 105 Å². The molecule has 3 nitrogen and oxygen atoms in total. The number of hydrogen-bond donors (Lipinski definition) is 2. The number of hydrogen-bond acceptors (Lipinski definition) is 2. The van der Waals surface area contributed by atoms with Gasteiger partial charge in [-0.25, -0.2) is 4.39 Å². The maximum absolute atomic E-state index is 13.5. The van der Waals surface area contributed by atoms with Crippen molar-refractivity contribution < 1.29 is 9.18 Å². The zero-order valence-corrected chi connectivity index (χ0v) is 10.8. The average molecular weight is 259 g/mol. The first-order valence-electron chi connectivity index (χ1n) is 5.24. The highest BCUT2D eigenvalue weighted by atomic mass is 35.5. The van der Waals surface area contributed by atoms with Gasteiger partial charge in [0.15, 0.2) is 5.82 Å². The van der Waals surface area contributed by atoms with E-state index in [0.29, 0.717) is 0 Å². The number of amides is 1. The minimum Gasteiger partial charge on any atom is -0.322 e. The fourth-order valence-corrected chi connectivity index (χ4v) is 1.38. The Balaban J connectivity index is 2.86. The summed E-state index contributed by atoms with van der Waals surface area (Å²) in [7, 11) is 0. The van der Waals surface area contributed by atoms with Gasteiger partial charge in [0, 0.05) is 0 Å². The van der Waals surface area contributed by atoms with Crippen LogP contribution < -0.4 is 11.1 Å². The summed E-state index contributed by atoms with van der Waals surface area (Å²) >= 11 is 5.61. The molecule has 0 heterocycles. The van der Waals surface area contributed by atoms with Crippen LogP contribution in [0, 0.1) is 11.2 Å². The third kappa shape index (κ3) is 3.41. The van der Waals surface area contributed by atoms with E-state index < -0.39 is 17.8 Å². The van der Waals surface area contributed by atoms with Gasteiger partial charge < -0.3 is 11.1 Å². The normalized spacial score (nSPS) is 13.3. The Kier molecular flexibility index (Phi) is 4.11. The highest BCUT2D eigenvalue weighted by Crippen LogP contribution is 2.23. The van der Waals surface area contributed by atoms with Crippen molar-refractivity contribution in [3.63, 3.8) is 0 Å². The van der Waals surface area contributed by atoms with E-state index in [0.717, 1.165) is 0 Å². The van der Waals surface area contributed by atoms with Crippen LogP contribution in [0.15, 0.2) is 18.2 Å². The molecular formula is C12H16ClFN2O. The average Bonchev–Trinajstić information content (AvgIpc) is 2.22. The molecule has 0 spiro atoms. The molecule has 94 valence electrons. The minimum atomic E-state index is -0.721. The first-order valence-corrected chi connectivity index (χ1v) is 5.61. The zero-order valence-electron chi connectivity index (χ0n) is 10.1. The van der Waals surface area contributed by atoms with Gasteiger partial charge in [-0.1, -0.05) is 38.4 Å². The first-order chi connectivity index (χ1) is 7.73. The predicted molar refractivity (Wildman–Crippen MR) is 67.5 cm³/mol. The number of carbonyl (C=O) groups is 1. The number of nitrogens with one attached hydrogen (secondary N) is 1. The maximum atomic E-state index is 13.5. The van der Waals surface area contributed by atoms with Crippen molar-refractivity contribution in [2.45, 2.75) is 26.8 Å². The lowest BCUT2D eigenvalue weighted by Gasteiger charge is -2.25. The summed E-state index contributed by atoms with van der Waals surface area (Å²) in [4.78, 5) is 11.8. The van der Waals surface area contributed by atoms with Gasteiger partial charge in [0.1, 0.15) is 0 Å². The third-order valence-corrected chi connectivity index (χ3v) is 2.72. The molecule has 1 aromatic rings. The van der Waals surface area contributed by atoms with Crippen LogP contribution in [0.4, 0.5) is 10.1 Å². The molecule has 0 bridgehead atoms. The van der Waals surface area contributed by atoms with E-state index in [4.69, 9.17) is 17.3 Å². The van der Waals surface area contributed by atoms with E-state index in [1.165, 1.54) is 12.1 Å². The maximum Gasteiger partial charge on any atom is 0.241 e. The summed E-state index contributed by atoms with van der Waals surface area (Å²) < 4.78 is 13.5. The van der Waals surface area contributed by atoms with Crippen molar-refractivity contribution >= 4 is 23.2 Å². The molecule has 0 saturated carbocycles. The second-order valence-electron chi connectivity index (χ2n) is 4.93. The molecule has 1 unspecified atom stereocenters. The van der Waals surface area contributed by atoms with Crippen LogP contribution in [0.2, 0.25) is 5.02 Å². The lowest BCUT2D eigenvalue weighted by atomic mass is 9.87. The Morgan fingerprint density at radius 1 is 1.47 bits per heavy atom. The van der Waals surface area contributed by atoms with Crippen LogP contribution in [0.25, 0.3) is 0 Å². The number of carbonyl (C=O) groups excluding carboxylic acids is 1. The van der Waals surface area contributed by atoms with Crippen molar-refractivity contribution in [2.75, 3.05) is 5.32 Å². The SMILES string of the molecule is CC(C)(C)C(N)C(=O)Nc1cccc(Cl)c1F. The van der Waals surface area contributed by atoms with Crippen molar-refractivity contribution in [1.29, 1.82) is 0 Å². The van der Waals surface area contributed by atoms with Gasteiger partial charge in [0.25, 0.3) is 0 Å². The molecule has 0 aliphatic carbocycles. The Hall–Kier alpha value is -1.13. The van der Waals surface area contributed by atoms with Crippen molar-refractivity contribution in [3.8, 4) is 0 Å². The first kappa shape index (κ1) is 13.9. The molecule has 3 N–H and O–H groups in total. The van der Waals surface area contributed by atoms with Crippen LogP contribution in [-0.4, -0.2) is 11.9 Å².